The summed E-state index contributed by atoms with van der Waals surface area (Å²) in [7, 11) is 2.14. The maximum absolute atomic E-state index is 11.4. The lowest BCUT2D eigenvalue weighted by molar-refractivity contribution is 0.150. The van der Waals surface area contributed by atoms with Gasteiger partial charge in [0.1, 0.15) is 0 Å². The van der Waals surface area contributed by atoms with Crippen LogP contribution in [0.4, 0.5) is 4.79 Å². The molecule has 0 aromatic rings. The molecule has 0 aromatic carbocycles. The average molecular weight is 183 g/mol. The molecule has 0 atom stereocenters. The van der Waals surface area contributed by atoms with E-state index in [1.165, 1.54) is 0 Å². The summed E-state index contributed by atoms with van der Waals surface area (Å²) in [4.78, 5) is 15.7. The number of nitrogens with zero attached hydrogens (tertiary/aromatic N) is 2. The Bertz CT molecular complexity index is 199. The number of rotatable bonds is 1. The zero-order valence-corrected chi connectivity index (χ0v) is 8.12. The van der Waals surface area contributed by atoms with Crippen LogP contribution < -0.4 is 5.32 Å². The van der Waals surface area contributed by atoms with E-state index in [-0.39, 0.29) is 6.03 Å². The molecule has 4 heteroatoms. The summed E-state index contributed by atoms with van der Waals surface area (Å²) in [5, 5.41) is 2.85. The normalized spacial score (nSPS) is 26.5. The molecule has 0 aliphatic carbocycles. The topological polar surface area (TPSA) is 35.6 Å². The SMILES string of the molecule is CN1CCC(N2CCNC2=O)CC1. The number of hydrogen-bond donors (Lipinski definition) is 1. The Kier molecular flexibility index (Phi) is 2.40. The van der Waals surface area contributed by atoms with Gasteiger partial charge in [-0.1, -0.05) is 0 Å². The van der Waals surface area contributed by atoms with Crippen LogP contribution in [0.2, 0.25) is 0 Å². The first-order valence-electron chi connectivity index (χ1n) is 5.00. The summed E-state index contributed by atoms with van der Waals surface area (Å²) in [6, 6.07) is 0.619. The molecular weight excluding hydrogens is 166 g/mol. The van der Waals surface area contributed by atoms with Crippen molar-refractivity contribution in [1.29, 1.82) is 0 Å². The van der Waals surface area contributed by atoms with E-state index in [2.05, 4.69) is 17.3 Å². The van der Waals surface area contributed by atoms with Gasteiger partial charge in [0.2, 0.25) is 0 Å². The van der Waals surface area contributed by atoms with Crippen molar-refractivity contribution in [3.05, 3.63) is 0 Å². The van der Waals surface area contributed by atoms with Crippen LogP contribution in [0.1, 0.15) is 12.8 Å². The Labute approximate surface area is 78.9 Å². The minimum Gasteiger partial charge on any atom is -0.336 e. The number of nitrogens with one attached hydrogen (secondary N) is 1. The number of hydrogen-bond acceptors (Lipinski definition) is 2. The molecule has 74 valence electrons. The van der Waals surface area contributed by atoms with E-state index in [9.17, 15) is 4.79 Å². The summed E-state index contributed by atoms with van der Waals surface area (Å²) >= 11 is 0. The molecule has 2 amide bonds. The van der Waals surface area contributed by atoms with Gasteiger partial charge in [-0.3, -0.25) is 0 Å². The monoisotopic (exact) mass is 183 g/mol. The van der Waals surface area contributed by atoms with Crippen LogP contribution >= 0.6 is 0 Å². The predicted molar refractivity (Wildman–Crippen MR) is 50.6 cm³/mol. The summed E-state index contributed by atoms with van der Waals surface area (Å²) in [6.07, 6.45) is 2.26. The summed E-state index contributed by atoms with van der Waals surface area (Å²) in [6.45, 7) is 3.96. The first kappa shape index (κ1) is 8.81. The Hall–Kier alpha value is -0.770. The summed E-state index contributed by atoms with van der Waals surface area (Å²) in [5.74, 6) is 0. The molecule has 0 aromatic heterocycles. The predicted octanol–water partition coefficient (Wildman–Crippen LogP) is 0.106. The van der Waals surface area contributed by atoms with Gasteiger partial charge in [0.05, 0.1) is 0 Å². The zero-order valence-electron chi connectivity index (χ0n) is 8.12. The second kappa shape index (κ2) is 3.54. The van der Waals surface area contributed by atoms with Crippen LogP contribution in [0.5, 0.6) is 0 Å². The fourth-order valence-electron chi connectivity index (χ4n) is 2.14. The third-order valence-electron chi connectivity index (χ3n) is 3.02. The van der Waals surface area contributed by atoms with Crippen molar-refractivity contribution in [2.24, 2.45) is 0 Å². The smallest absolute Gasteiger partial charge is 0.317 e. The van der Waals surface area contributed by atoms with Crippen molar-refractivity contribution in [2.75, 3.05) is 33.2 Å². The highest BCUT2D eigenvalue weighted by Crippen LogP contribution is 2.16. The lowest BCUT2D eigenvalue weighted by atomic mass is 10.0. The van der Waals surface area contributed by atoms with Crippen LogP contribution in [0, 0.1) is 0 Å². The van der Waals surface area contributed by atoms with Crippen LogP contribution in [-0.2, 0) is 0 Å². The van der Waals surface area contributed by atoms with E-state index in [0.29, 0.717) is 6.04 Å². The summed E-state index contributed by atoms with van der Waals surface area (Å²) in [5.41, 5.74) is 0. The Morgan fingerprint density at radius 1 is 1.31 bits per heavy atom. The number of carbonyl (C=O) groups is 1. The van der Waals surface area contributed by atoms with Crippen LogP contribution in [-0.4, -0.2) is 55.1 Å². The number of urea groups is 1. The van der Waals surface area contributed by atoms with E-state index >= 15 is 0 Å². The zero-order chi connectivity index (χ0) is 9.26. The molecular formula is C9H17N3O. The van der Waals surface area contributed by atoms with E-state index in [4.69, 9.17) is 0 Å². The quantitative estimate of drug-likeness (QED) is 0.626. The molecule has 0 spiro atoms. The molecule has 2 heterocycles. The van der Waals surface area contributed by atoms with Gasteiger partial charge in [-0.05, 0) is 33.0 Å². The van der Waals surface area contributed by atoms with E-state index in [1.807, 2.05) is 4.90 Å². The van der Waals surface area contributed by atoms with Gasteiger partial charge < -0.3 is 15.1 Å². The largest absolute Gasteiger partial charge is 0.336 e. The fourth-order valence-corrected chi connectivity index (χ4v) is 2.14. The molecule has 1 N–H and O–H groups in total. The molecule has 2 aliphatic rings. The van der Waals surface area contributed by atoms with Crippen molar-refractivity contribution in [1.82, 2.24) is 15.1 Å². The average Bonchev–Trinajstić information content (AvgIpc) is 2.53. The van der Waals surface area contributed by atoms with E-state index in [1.54, 1.807) is 0 Å². The Morgan fingerprint density at radius 2 is 2.00 bits per heavy atom. The molecule has 13 heavy (non-hydrogen) atoms. The number of piperidine rings is 1. The molecule has 0 bridgehead atoms. The van der Waals surface area contributed by atoms with Gasteiger partial charge in [0.15, 0.2) is 0 Å². The molecule has 2 saturated heterocycles. The number of carbonyl (C=O) groups excluding carboxylic acids is 1. The van der Waals surface area contributed by atoms with E-state index in [0.717, 1.165) is 39.0 Å². The third kappa shape index (κ3) is 1.77. The highest BCUT2D eigenvalue weighted by Gasteiger charge is 2.29. The van der Waals surface area contributed by atoms with Crippen molar-refractivity contribution in [2.45, 2.75) is 18.9 Å². The second-order valence-corrected chi connectivity index (χ2v) is 3.96. The van der Waals surface area contributed by atoms with E-state index < -0.39 is 0 Å². The number of amides is 2. The number of likely N-dealkylation sites (tertiary alicyclic amines) is 1. The molecule has 2 fully saturated rings. The van der Waals surface area contributed by atoms with Crippen LogP contribution in [0.15, 0.2) is 0 Å². The van der Waals surface area contributed by atoms with Crippen molar-refractivity contribution >= 4 is 6.03 Å². The van der Waals surface area contributed by atoms with Crippen LogP contribution in [0.25, 0.3) is 0 Å². The van der Waals surface area contributed by atoms with Gasteiger partial charge in [-0.25, -0.2) is 4.79 Å². The third-order valence-corrected chi connectivity index (χ3v) is 3.02. The highest BCUT2D eigenvalue weighted by molar-refractivity contribution is 5.76. The lowest BCUT2D eigenvalue weighted by Gasteiger charge is -2.34. The molecule has 0 radical (unpaired) electrons. The van der Waals surface area contributed by atoms with Gasteiger partial charge in [-0.2, -0.15) is 0 Å². The van der Waals surface area contributed by atoms with Gasteiger partial charge in [-0.15, -0.1) is 0 Å². The Morgan fingerprint density at radius 3 is 2.54 bits per heavy atom. The first-order chi connectivity index (χ1) is 6.27. The molecule has 0 saturated carbocycles. The fraction of sp³-hybridized carbons (Fsp3) is 0.889. The summed E-state index contributed by atoms with van der Waals surface area (Å²) < 4.78 is 0. The van der Waals surface area contributed by atoms with Gasteiger partial charge in [0.25, 0.3) is 0 Å². The minimum absolute atomic E-state index is 0.134. The molecule has 2 aliphatic heterocycles. The second-order valence-electron chi connectivity index (χ2n) is 3.96. The first-order valence-corrected chi connectivity index (χ1v) is 5.00. The molecule has 0 unspecified atom stereocenters. The van der Waals surface area contributed by atoms with Crippen molar-refractivity contribution in [3.8, 4) is 0 Å². The lowest BCUT2D eigenvalue weighted by Crippen LogP contribution is -2.45. The van der Waals surface area contributed by atoms with Crippen LogP contribution in [0.3, 0.4) is 0 Å². The van der Waals surface area contributed by atoms with Gasteiger partial charge in [0, 0.05) is 19.1 Å². The van der Waals surface area contributed by atoms with Gasteiger partial charge >= 0.3 is 6.03 Å². The standard InChI is InChI=1S/C9H17N3O/c1-11-5-2-8(3-6-11)12-7-4-10-9(12)13/h8H,2-7H2,1H3,(H,10,13). The van der Waals surface area contributed by atoms with Crippen molar-refractivity contribution < 1.29 is 4.79 Å². The van der Waals surface area contributed by atoms with Crippen molar-refractivity contribution in [3.63, 3.8) is 0 Å². The maximum Gasteiger partial charge on any atom is 0.317 e. The molecule has 4 nitrogen and oxygen atoms in total. The Balaban J connectivity index is 1.90. The highest BCUT2D eigenvalue weighted by atomic mass is 16.2. The molecule has 2 rings (SSSR count). The maximum atomic E-state index is 11.4. The minimum atomic E-state index is 0.134.